The van der Waals surface area contributed by atoms with Gasteiger partial charge in [0.15, 0.2) is 0 Å². The number of hydrogen-bond donors (Lipinski definition) is 2. The Morgan fingerprint density at radius 2 is 1.70 bits per heavy atom. The second-order valence-corrected chi connectivity index (χ2v) is 5.06. The summed E-state index contributed by atoms with van der Waals surface area (Å²) < 4.78 is 0. The maximum absolute atomic E-state index is 10.6. The molecule has 3 nitrogen and oxygen atoms in total. The summed E-state index contributed by atoms with van der Waals surface area (Å²) in [4.78, 5) is 10.6. The number of aryl methyl sites for hydroxylation is 2. The summed E-state index contributed by atoms with van der Waals surface area (Å²) in [6, 6.07) is 14.0. The third kappa shape index (κ3) is 3.85. The lowest BCUT2D eigenvalue weighted by atomic mass is 10.1. The molecular formula is C17H19NO2. The molecule has 0 atom stereocenters. The minimum absolute atomic E-state index is 0.0742. The van der Waals surface area contributed by atoms with E-state index < -0.39 is 5.97 Å². The van der Waals surface area contributed by atoms with Gasteiger partial charge in [0.05, 0.1) is 6.42 Å². The molecule has 2 rings (SSSR count). The molecule has 0 spiro atoms. The van der Waals surface area contributed by atoms with E-state index in [2.05, 4.69) is 37.4 Å². The SMILES string of the molecule is Cc1ccc(NCc2ccc(CC(=O)O)cc2)c(C)c1. The smallest absolute Gasteiger partial charge is 0.307 e. The molecule has 0 aliphatic heterocycles. The summed E-state index contributed by atoms with van der Waals surface area (Å²) in [7, 11) is 0. The van der Waals surface area contributed by atoms with Crippen molar-refractivity contribution in [1.29, 1.82) is 0 Å². The molecule has 0 heterocycles. The Morgan fingerprint density at radius 1 is 1.05 bits per heavy atom. The van der Waals surface area contributed by atoms with E-state index in [0.29, 0.717) is 0 Å². The Bertz CT molecular complexity index is 603. The standard InChI is InChI=1S/C17H19NO2/c1-12-3-8-16(13(2)9-12)18-11-15-6-4-14(5-7-15)10-17(19)20/h3-9,18H,10-11H2,1-2H3,(H,19,20). The summed E-state index contributed by atoms with van der Waals surface area (Å²) >= 11 is 0. The van der Waals surface area contributed by atoms with Crippen molar-refractivity contribution in [2.45, 2.75) is 26.8 Å². The predicted molar refractivity (Wildman–Crippen MR) is 81.0 cm³/mol. The summed E-state index contributed by atoms with van der Waals surface area (Å²) in [6.45, 7) is 4.90. The van der Waals surface area contributed by atoms with Crippen molar-refractivity contribution in [1.82, 2.24) is 0 Å². The Hall–Kier alpha value is -2.29. The van der Waals surface area contributed by atoms with Crippen LogP contribution >= 0.6 is 0 Å². The van der Waals surface area contributed by atoms with E-state index in [1.165, 1.54) is 11.1 Å². The molecule has 0 saturated carbocycles. The van der Waals surface area contributed by atoms with Crippen LogP contribution in [0.1, 0.15) is 22.3 Å². The van der Waals surface area contributed by atoms with Crippen molar-refractivity contribution in [3.63, 3.8) is 0 Å². The average Bonchev–Trinajstić information content (AvgIpc) is 2.39. The second-order valence-electron chi connectivity index (χ2n) is 5.06. The van der Waals surface area contributed by atoms with Crippen molar-refractivity contribution in [2.24, 2.45) is 0 Å². The molecule has 0 saturated heterocycles. The normalized spacial score (nSPS) is 10.3. The Kier molecular flexibility index (Phi) is 4.41. The van der Waals surface area contributed by atoms with E-state index in [-0.39, 0.29) is 6.42 Å². The lowest BCUT2D eigenvalue weighted by Gasteiger charge is -2.10. The minimum Gasteiger partial charge on any atom is -0.481 e. The molecule has 0 unspecified atom stereocenters. The minimum atomic E-state index is -0.800. The van der Waals surface area contributed by atoms with Crippen molar-refractivity contribution in [3.8, 4) is 0 Å². The molecule has 2 N–H and O–H groups in total. The van der Waals surface area contributed by atoms with Crippen LogP contribution in [0.2, 0.25) is 0 Å². The number of carbonyl (C=O) groups is 1. The van der Waals surface area contributed by atoms with Gasteiger partial charge in [-0.15, -0.1) is 0 Å². The van der Waals surface area contributed by atoms with Crippen LogP contribution in [0.3, 0.4) is 0 Å². The molecule has 0 aliphatic carbocycles. The molecule has 0 amide bonds. The number of carboxylic acid groups (broad SMARTS) is 1. The van der Waals surface area contributed by atoms with Crippen LogP contribution in [-0.2, 0) is 17.8 Å². The maximum atomic E-state index is 10.6. The van der Waals surface area contributed by atoms with Crippen LogP contribution < -0.4 is 5.32 Å². The van der Waals surface area contributed by atoms with Gasteiger partial charge in [0.2, 0.25) is 0 Å². The molecule has 0 aliphatic rings. The average molecular weight is 269 g/mol. The zero-order valence-electron chi connectivity index (χ0n) is 11.8. The molecule has 0 bridgehead atoms. The van der Waals surface area contributed by atoms with E-state index >= 15 is 0 Å². The van der Waals surface area contributed by atoms with Gasteiger partial charge < -0.3 is 10.4 Å². The Labute approximate surface area is 119 Å². The zero-order valence-corrected chi connectivity index (χ0v) is 11.8. The van der Waals surface area contributed by atoms with Crippen LogP contribution in [0, 0.1) is 13.8 Å². The van der Waals surface area contributed by atoms with Crippen LogP contribution in [0.4, 0.5) is 5.69 Å². The Morgan fingerprint density at radius 3 is 2.30 bits per heavy atom. The number of anilines is 1. The lowest BCUT2D eigenvalue weighted by molar-refractivity contribution is -0.136. The van der Waals surface area contributed by atoms with E-state index in [1.54, 1.807) is 0 Å². The molecule has 2 aromatic rings. The summed E-state index contributed by atoms with van der Waals surface area (Å²) in [6.07, 6.45) is 0.0742. The zero-order chi connectivity index (χ0) is 14.5. The van der Waals surface area contributed by atoms with Gasteiger partial charge in [0.1, 0.15) is 0 Å². The van der Waals surface area contributed by atoms with E-state index in [4.69, 9.17) is 5.11 Å². The fraction of sp³-hybridized carbons (Fsp3) is 0.235. The second kappa shape index (κ2) is 6.24. The highest BCUT2D eigenvalue weighted by Gasteiger charge is 2.01. The molecule has 3 heteroatoms. The molecule has 0 fully saturated rings. The van der Waals surface area contributed by atoms with Crippen molar-refractivity contribution < 1.29 is 9.90 Å². The van der Waals surface area contributed by atoms with E-state index in [0.717, 1.165) is 23.4 Å². The van der Waals surface area contributed by atoms with Crippen LogP contribution in [0.15, 0.2) is 42.5 Å². The van der Waals surface area contributed by atoms with Crippen LogP contribution in [-0.4, -0.2) is 11.1 Å². The van der Waals surface area contributed by atoms with Crippen molar-refractivity contribution >= 4 is 11.7 Å². The molecular weight excluding hydrogens is 250 g/mol. The first-order valence-electron chi connectivity index (χ1n) is 6.65. The maximum Gasteiger partial charge on any atom is 0.307 e. The molecule has 0 aromatic heterocycles. The molecule has 2 aromatic carbocycles. The first-order valence-corrected chi connectivity index (χ1v) is 6.65. The van der Waals surface area contributed by atoms with Gasteiger partial charge in [-0.25, -0.2) is 0 Å². The van der Waals surface area contributed by atoms with Gasteiger partial charge >= 0.3 is 5.97 Å². The largest absolute Gasteiger partial charge is 0.481 e. The topological polar surface area (TPSA) is 49.3 Å². The van der Waals surface area contributed by atoms with Gasteiger partial charge in [-0.3, -0.25) is 4.79 Å². The Balaban J connectivity index is 1.98. The number of benzene rings is 2. The highest BCUT2D eigenvalue weighted by molar-refractivity contribution is 5.70. The van der Waals surface area contributed by atoms with Crippen molar-refractivity contribution in [2.75, 3.05) is 5.32 Å². The first kappa shape index (κ1) is 14.1. The number of nitrogens with one attached hydrogen (secondary N) is 1. The van der Waals surface area contributed by atoms with E-state index in [9.17, 15) is 4.79 Å². The van der Waals surface area contributed by atoms with Gasteiger partial charge in [0.25, 0.3) is 0 Å². The summed E-state index contributed by atoms with van der Waals surface area (Å²) in [5.41, 5.74) is 5.58. The number of aliphatic carboxylic acids is 1. The van der Waals surface area contributed by atoms with Gasteiger partial charge in [-0.05, 0) is 36.6 Å². The molecule has 0 radical (unpaired) electrons. The molecule has 104 valence electrons. The fourth-order valence-corrected chi connectivity index (χ4v) is 2.16. The number of carboxylic acids is 1. The number of hydrogen-bond acceptors (Lipinski definition) is 2. The third-order valence-corrected chi connectivity index (χ3v) is 3.24. The molecule has 20 heavy (non-hydrogen) atoms. The van der Waals surface area contributed by atoms with Crippen molar-refractivity contribution in [3.05, 3.63) is 64.7 Å². The third-order valence-electron chi connectivity index (χ3n) is 3.24. The van der Waals surface area contributed by atoms with Crippen LogP contribution in [0.5, 0.6) is 0 Å². The first-order chi connectivity index (χ1) is 9.54. The fourth-order valence-electron chi connectivity index (χ4n) is 2.16. The quantitative estimate of drug-likeness (QED) is 0.872. The van der Waals surface area contributed by atoms with Gasteiger partial charge in [-0.1, -0.05) is 42.0 Å². The van der Waals surface area contributed by atoms with Crippen LogP contribution in [0.25, 0.3) is 0 Å². The lowest BCUT2D eigenvalue weighted by Crippen LogP contribution is -2.03. The summed E-state index contributed by atoms with van der Waals surface area (Å²) in [5, 5.41) is 12.1. The number of rotatable bonds is 5. The van der Waals surface area contributed by atoms with Gasteiger partial charge in [0, 0.05) is 12.2 Å². The van der Waals surface area contributed by atoms with Gasteiger partial charge in [-0.2, -0.15) is 0 Å². The highest BCUT2D eigenvalue weighted by Crippen LogP contribution is 2.17. The monoisotopic (exact) mass is 269 g/mol. The summed E-state index contributed by atoms with van der Waals surface area (Å²) in [5.74, 6) is -0.800. The highest BCUT2D eigenvalue weighted by atomic mass is 16.4. The van der Waals surface area contributed by atoms with E-state index in [1.807, 2.05) is 24.3 Å². The predicted octanol–water partition coefficient (Wildman–Crippen LogP) is 3.54.